The van der Waals surface area contributed by atoms with Crippen molar-refractivity contribution in [2.45, 2.75) is 20.3 Å². The molecular formula is C12H17BrN2S. The lowest BCUT2D eigenvalue weighted by Crippen LogP contribution is -2.16. The third kappa shape index (κ3) is 3.76. The second kappa shape index (κ2) is 6.21. The van der Waals surface area contributed by atoms with Gasteiger partial charge in [-0.05, 0) is 24.1 Å². The van der Waals surface area contributed by atoms with E-state index in [-0.39, 0.29) is 0 Å². The Morgan fingerprint density at radius 3 is 2.81 bits per heavy atom. The Balaban J connectivity index is 2.82. The summed E-state index contributed by atoms with van der Waals surface area (Å²) in [6, 6.07) is 5.93. The summed E-state index contributed by atoms with van der Waals surface area (Å²) >= 11 is 8.45. The van der Waals surface area contributed by atoms with Gasteiger partial charge in [0.1, 0.15) is 4.99 Å². The molecule has 4 heteroatoms. The average Bonchev–Trinajstić information content (AvgIpc) is 2.26. The first kappa shape index (κ1) is 13.5. The zero-order valence-corrected chi connectivity index (χ0v) is 12.0. The first-order valence-corrected chi connectivity index (χ1v) is 6.58. The molecule has 2 nitrogen and oxygen atoms in total. The SMILES string of the molecule is CCC(C)CNc1ccc(Br)cc1C(N)=S. The minimum absolute atomic E-state index is 0.424. The minimum Gasteiger partial charge on any atom is -0.389 e. The maximum atomic E-state index is 5.69. The van der Waals surface area contributed by atoms with E-state index in [1.807, 2.05) is 18.2 Å². The monoisotopic (exact) mass is 300 g/mol. The molecule has 0 saturated carbocycles. The van der Waals surface area contributed by atoms with Gasteiger partial charge in [-0.2, -0.15) is 0 Å². The number of halogens is 1. The van der Waals surface area contributed by atoms with Gasteiger partial charge in [-0.15, -0.1) is 0 Å². The van der Waals surface area contributed by atoms with Crippen LogP contribution < -0.4 is 11.1 Å². The molecule has 16 heavy (non-hydrogen) atoms. The van der Waals surface area contributed by atoms with Gasteiger partial charge in [-0.25, -0.2) is 0 Å². The topological polar surface area (TPSA) is 38.0 Å². The maximum absolute atomic E-state index is 5.69. The number of thiocarbonyl (C=S) groups is 1. The van der Waals surface area contributed by atoms with E-state index in [1.165, 1.54) is 0 Å². The third-order valence-corrected chi connectivity index (χ3v) is 3.30. The number of nitrogens with two attached hydrogens (primary N) is 1. The molecule has 88 valence electrons. The van der Waals surface area contributed by atoms with Crippen LogP contribution in [0.5, 0.6) is 0 Å². The fourth-order valence-electron chi connectivity index (χ4n) is 1.30. The Morgan fingerprint density at radius 2 is 2.25 bits per heavy atom. The van der Waals surface area contributed by atoms with E-state index in [9.17, 15) is 0 Å². The summed E-state index contributed by atoms with van der Waals surface area (Å²) in [5.74, 6) is 0.642. The lowest BCUT2D eigenvalue weighted by Gasteiger charge is -2.14. The fraction of sp³-hybridized carbons (Fsp3) is 0.417. The lowest BCUT2D eigenvalue weighted by molar-refractivity contribution is 0.593. The van der Waals surface area contributed by atoms with Crippen LogP contribution in [0.4, 0.5) is 5.69 Å². The molecule has 1 rings (SSSR count). The summed E-state index contributed by atoms with van der Waals surface area (Å²) < 4.78 is 0.990. The van der Waals surface area contributed by atoms with Crippen LogP contribution in [0.1, 0.15) is 25.8 Å². The van der Waals surface area contributed by atoms with Crippen LogP contribution in [0.3, 0.4) is 0 Å². The molecule has 0 fully saturated rings. The largest absolute Gasteiger partial charge is 0.389 e. The first-order chi connectivity index (χ1) is 7.54. The van der Waals surface area contributed by atoms with Crippen LogP contribution in [-0.4, -0.2) is 11.5 Å². The number of benzene rings is 1. The quantitative estimate of drug-likeness (QED) is 0.817. The molecule has 0 saturated heterocycles. The summed E-state index contributed by atoms with van der Waals surface area (Å²) in [6.45, 7) is 5.34. The van der Waals surface area contributed by atoms with Crippen molar-refractivity contribution in [3.63, 3.8) is 0 Å². The predicted octanol–water partition coefficient (Wildman–Crippen LogP) is 3.54. The van der Waals surface area contributed by atoms with Crippen LogP contribution in [-0.2, 0) is 0 Å². The Hall–Kier alpha value is -0.610. The highest BCUT2D eigenvalue weighted by molar-refractivity contribution is 9.10. The predicted molar refractivity (Wildman–Crippen MR) is 78.0 cm³/mol. The molecule has 1 atom stereocenters. The van der Waals surface area contributed by atoms with Crippen molar-refractivity contribution in [1.29, 1.82) is 0 Å². The van der Waals surface area contributed by atoms with E-state index in [1.54, 1.807) is 0 Å². The number of rotatable bonds is 5. The average molecular weight is 301 g/mol. The van der Waals surface area contributed by atoms with Crippen molar-refractivity contribution in [1.82, 2.24) is 0 Å². The normalized spacial score (nSPS) is 12.2. The number of anilines is 1. The molecule has 0 amide bonds. The van der Waals surface area contributed by atoms with Crippen molar-refractivity contribution >= 4 is 38.8 Å². The standard InChI is InChI=1S/C12H17BrN2S/c1-3-8(2)7-15-11-5-4-9(13)6-10(11)12(14)16/h4-6,8,15H,3,7H2,1-2H3,(H2,14,16). The minimum atomic E-state index is 0.424. The molecule has 0 heterocycles. The first-order valence-electron chi connectivity index (χ1n) is 5.37. The molecular weight excluding hydrogens is 284 g/mol. The van der Waals surface area contributed by atoms with Gasteiger partial charge in [0.25, 0.3) is 0 Å². The molecule has 3 N–H and O–H groups in total. The summed E-state index contributed by atoms with van der Waals surface area (Å²) in [5, 5.41) is 3.38. The van der Waals surface area contributed by atoms with Gasteiger partial charge in [-0.1, -0.05) is 48.4 Å². The van der Waals surface area contributed by atoms with Gasteiger partial charge in [0.2, 0.25) is 0 Å². The van der Waals surface area contributed by atoms with E-state index in [4.69, 9.17) is 18.0 Å². The van der Waals surface area contributed by atoms with Gasteiger partial charge < -0.3 is 11.1 Å². The molecule has 0 radical (unpaired) electrons. The van der Waals surface area contributed by atoms with Gasteiger partial charge in [0, 0.05) is 22.3 Å². The van der Waals surface area contributed by atoms with Crippen LogP contribution in [0, 0.1) is 5.92 Å². The molecule has 1 unspecified atom stereocenters. The van der Waals surface area contributed by atoms with Crippen LogP contribution in [0.25, 0.3) is 0 Å². The zero-order valence-electron chi connectivity index (χ0n) is 9.59. The summed E-state index contributed by atoms with van der Waals surface area (Å²) in [6.07, 6.45) is 1.16. The second-order valence-corrected chi connectivity index (χ2v) is 5.30. The van der Waals surface area contributed by atoms with Crippen LogP contribution in [0.2, 0.25) is 0 Å². The van der Waals surface area contributed by atoms with Crippen molar-refractivity contribution in [2.75, 3.05) is 11.9 Å². The van der Waals surface area contributed by atoms with E-state index < -0.39 is 0 Å². The number of hydrogen-bond acceptors (Lipinski definition) is 2. The van der Waals surface area contributed by atoms with Crippen LogP contribution >= 0.6 is 28.1 Å². The highest BCUT2D eigenvalue weighted by Crippen LogP contribution is 2.21. The van der Waals surface area contributed by atoms with E-state index >= 15 is 0 Å². The van der Waals surface area contributed by atoms with Gasteiger partial charge in [-0.3, -0.25) is 0 Å². The molecule has 0 aliphatic heterocycles. The van der Waals surface area contributed by atoms with Crippen molar-refractivity contribution < 1.29 is 0 Å². The molecule has 0 bridgehead atoms. The summed E-state index contributed by atoms with van der Waals surface area (Å²) in [4.78, 5) is 0.424. The number of nitrogens with one attached hydrogen (secondary N) is 1. The number of hydrogen-bond donors (Lipinski definition) is 2. The molecule has 0 spiro atoms. The van der Waals surface area contributed by atoms with E-state index in [2.05, 4.69) is 35.1 Å². The van der Waals surface area contributed by atoms with Gasteiger partial charge in [0.15, 0.2) is 0 Å². The summed E-state index contributed by atoms with van der Waals surface area (Å²) in [5.41, 5.74) is 7.60. The maximum Gasteiger partial charge on any atom is 0.106 e. The van der Waals surface area contributed by atoms with Crippen molar-refractivity contribution in [3.05, 3.63) is 28.2 Å². The zero-order chi connectivity index (χ0) is 12.1. The second-order valence-electron chi connectivity index (χ2n) is 3.95. The third-order valence-electron chi connectivity index (χ3n) is 2.58. The smallest absolute Gasteiger partial charge is 0.106 e. The Bertz CT molecular complexity index is 379. The van der Waals surface area contributed by atoms with E-state index in [0.29, 0.717) is 10.9 Å². The Morgan fingerprint density at radius 1 is 1.56 bits per heavy atom. The Kier molecular flexibility index (Phi) is 5.22. The fourth-order valence-corrected chi connectivity index (χ4v) is 1.83. The lowest BCUT2D eigenvalue weighted by atomic mass is 10.1. The summed E-state index contributed by atoms with van der Waals surface area (Å²) in [7, 11) is 0. The van der Waals surface area contributed by atoms with Gasteiger partial charge >= 0.3 is 0 Å². The molecule has 1 aromatic rings. The highest BCUT2D eigenvalue weighted by atomic mass is 79.9. The Labute approximate surface area is 111 Å². The van der Waals surface area contributed by atoms with Gasteiger partial charge in [0.05, 0.1) is 0 Å². The van der Waals surface area contributed by atoms with Crippen molar-refractivity contribution in [2.24, 2.45) is 11.7 Å². The molecule has 1 aromatic carbocycles. The molecule has 0 aliphatic rings. The molecule has 0 aromatic heterocycles. The van der Waals surface area contributed by atoms with Crippen LogP contribution in [0.15, 0.2) is 22.7 Å². The van der Waals surface area contributed by atoms with Crippen molar-refractivity contribution in [3.8, 4) is 0 Å². The highest BCUT2D eigenvalue weighted by Gasteiger charge is 2.06. The molecule has 0 aliphatic carbocycles. The van der Waals surface area contributed by atoms with E-state index in [0.717, 1.165) is 28.7 Å².